The molecule has 0 aromatic heterocycles. The van der Waals surface area contributed by atoms with E-state index >= 15 is 0 Å². The number of nitrogens with one attached hydrogen (secondary N) is 1. The molecule has 0 aromatic rings. The van der Waals surface area contributed by atoms with Crippen LogP contribution in [0.3, 0.4) is 0 Å². The summed E-state index contributed by atoms with van der Waals surface area (Å²) < 4.78 is 0. The van der Waals surface area contributed by atoms with E-state index in [-0.39, 0.29) is 60.2 Å². The van der Waals surface area contributed by atoms with Crippen LogP contribution in [-0.2, 0) is 26.2 Å². The third kappa shape index (κ3) is 22.6. The second-order valence-corrected chi connectivity index (χ2v) is 1.60. The molecule has 1 N–H and O–H groups in total. The van der Waals surface area contributed by atoms with Crippen LogP contribution >= 0.6 is 0 Å². The molecular weight excluding hydrogens is 341 g/mol. The van der Waals surface area contributed by atoms with Crippen LogP contribution in [0, 0.1) is 0 Å². The molecule has 1 atom stereocenters. The molecule has 0 aliphatic heterocycles. The Balaban J connectivity index is -0.0000000600. The Morgan fingerprint density at radius 2 is 1.80 bits per heavy atom. The molecule has 0 bridgehead atoms. The van der Waals surface area contributed by atoms with Gasteiger partial charge in [0, 0.05) is 0 Å². The summed E-state index contributed by atoms with van der Waals surface area (Å²) in [6.45, 7) is 4.48. The largest absolute Gasteiger partial charge is 3.00 e. The number of hydrogen-bond donors (Lipinski definition) is 1. The zero-order valence-electron chi connectivity index (χ0n) is 6.16. The maximum absolute atomic E-state index is 10.2. The van der Waals surface area contributed by atoms with E-state index in [9.17, 15) is 5.11 Å². The molecular formula is C5H12Br2NOZr. The topological polar surface area (TPSA) is 35.1 Å². The van der Waals surface area contributed by atoms with Crippen LogP contribution in [0.2, 0.25) is 0 Å². The van der Waals surface area contributed by atoms with Crippen molar-refractivity contribution in [1.29, 1.82) is 0 Å². The van der Waals surface area contributed by atoms with Crippen molar-refractivity contribution in [2.75, 3.05) is 6.54 Å². The van der Waals surface area contributed by atoms with Crippen LogP contribution in [0.25, 0.3) is 0 Å². The van der Waals surface area contributed by atoms with Gasteiger partial charge in [-0.15, -0.1) is 0 Å². The average molecular weight is 353 g/mol. The summed E-state index contributed by atoms with van der Waals surface area (Å²) in [5.41, 5.74) is 0. The molecule has 0 aliphatic carbocycles. The third-order valence-electron chi connectivity index (χ3n) is 0.682. The van der Waals surface area contributed by atoms with Gasteiger partial charge in [-0.1, -0.05) is 20.1 Å². The molecule has 10 heavy (non-hydrogen) atoms. The Bertz CT molecular complexity index is 48.6. The standard InChI is InChI=1S/C5H12NO.2BrH.Zr/c1-3-4-6-5(2)7;;;/h5-6H,3-4H2,1-2H3;2*1H;/q-1;;;+3/p-2. The smallest absolute Gasteiger partial charge is 1.00 e. The molecule has 2 nitrogen and oxygen atoms in total. The van der Waals surface area contributed by atoms with Gasteiger partial charge >= 0.3 is 26.2 Å². The van der Waals surface area contributed by atoms with E-state index in [1.165, 1.54) is 0 Å². The predicted octanol–water partition coefficient (Wildman–Crippen LogP) is -6.30. The van der Waals surface area contributed by atoms with Crippen molar-refractivity contribution in [3.63, 3.8) is 0 Å². The minimum Gasteiger partial charge on any atom is -1.00 e. The van der Waals surface area contributed by atoms with E-state index in [1.54, 1.807) is 6.92 Å². The summed E-state index contributed by atoms with van der Waals surface area (Å²) in [6.07, 6.45) is 0.437. The number of hydrogen-bond acceptors (Lipinski definition) is 2. The van der Waals surface area contributed by atoms with Crippen molar-refractivity contribution >= 4 is 0 Å². The van der Waals surface area contributed by atoms with Crippen LogP contribution in [-0.4, -0.2) is 12.8 Å². The van der Waals surface area contributed by atoms with Crippen molar-refractivity contribution in [3.8, 4) is 0 Å². The first-order valence-electron chi connectivity index (χ1n) is 2.66. The Morgan fingerprint density at radius 1 is 1.40 bits per heavy atom. The molecule has 0 rings (SSSR count). The van der Waals surface area contributed by atoms with Gasteiger partial charge < -0.3 is 44.4 Å². The van der Waals surface area contributed by atoms with Crippen molar-refractivity contribution in [2.24, 2.45) is 0 Å². The Kier molecular flexibility index (Phi) is 38.5. The molecule has 0 amide bonds. The van der Waals surface area contributed by atoms with Crippen LogP contribution in [0.15, 0.2) is 0 Å². The number of halogens is 2. The van der Waals surface area contributed by atoms with Gasteiger partial charge in [-0.25, -0.2) is 0 Å². The Morgan fingerprint density at radius 3 is 1.90 bits per heavy atom. The quantitative estimate of drug-likeness (QED) is 0.513. The summed E-state index contributed by atoms with van der Waals surface area (Å²) in [4.78, 5) is 0. The molecule has 0 aromatic carbocycles. The molecule has 1 radical (unpaired) electrons. The fraction of sp³-hybridized carbons (Fsp3) is 1.00. The fourth-order valence-corrected chi connectivity index (χ4v) is 0.348. The molecule has 0 saturated heterocycles. The monoisotopic (exact) mass is 350 g/mol. The van der Waals surface area contributed by atoms with E-state index in [1.807, 2.05) is 6.92 Å². The van der Waals surface area contributed by atoms with Crippen molar-refractivity contribution in [1.82, 2.24) is 5.32 Å². The van der Waals surface area contributed by atoms with Gasteiger partial charge in [-0.05, 0) is 13.0 Å². The van der Waals surface area contributed by atoms with Gasteiger partial charge in [0.05, 0.1) is 0 Å². The van der Waals surface area contributed by atoms with Crippen LogP contribution in [0.1, 0.15) is 20.3 Å². The van der Waals surface area contributed by atoms with E-state index in [2.05, 4.69) is 5.32 Å². The van der Waals surface area contributed by atoms with Crippen LogP contribution < -0.4 is 44.4 Å². The normalized spacial score (nSPS) is 9.90. The SMILES string of the molecule is CCCNC(C)[O-].[Br-].[Br-].[Zr+3]. The summed E-state index contributed by atoms with van der Waals surface area (Å²) in [7, 11) is 0. The van der Waals surface area contributed by atoms with E-state index < -0.39 is 6.23 Å². The van der Waals surface area contributed by atoms with Gasteiger partial charge in [0.25, 0.3) is 0 Å². The van der Waals surface area contributed by atoms with E-state index in [0.717, 1.165) is 13.0 Å². The van der Waals surface area contributed by atoms with E-state index in [4.69, 9.17) is 0 Å². The van der Waals surface area contributed by atoms with Crippen molar-refractivity contribution in [2.45, 2.75) is 26.5 Å². The molecule has 5 heteroatoms. The molecule has 0 aliphatic rings. The summed E-state index contributed by atoms with van der Waals surface area (Å²) in [5.74, 6) is 0. The zero-order valence-corrected chi connectivity index (χ0v) is 11.8. The fourth-order valence-electron chi connectivity index (χ4n) is 0.348. The van der Waals surface area contributed by atoms with Gasteiger partial charge in [-0.2, -0.15) is 0 Å². The summed E-state index contributed by atoms with van der Waals surface area (Å²) in [6, 6.07) is 0. The van der Waals surface area contributed by atoms with Gasteiger partial charge in [0.15, 0.2) is 0 Å². The van der Waals surface area contributed by atoms with Crippen molar-refractivity contribution < 1.29 is 65.3 Å². The predicted molar refractivity (Wildman–Crippen MR) is 27.8 cm³/mol. The molecule has 1 unspecified atom stereocenters. The molecule has 0 heterocycles. The van der Waals surface area contributed by atoms with Crippen LogP contribution in [0.4, 0.5) is 0 Å². The second kappa shape index (κ2) is 17.0. The van der Waals surface area contributed by atoms with Crippen molar-refractivity contribution in [3.05, 3.63) is 0 Å². The summed E-state index contributed by atoms with van der Waals surface area (Å²) in [5, 5.41) is 12.9. The van der Waals surface area contributed by atoms with Crippen LogP contribution in [0.5, 0.6) is 0 Å². The first-order chi connectivity index (χ1) is 3.27. The van der Waals surface area contributed by atoms with Gasteiger partial charge in [0.2, 0.25) is 0 Å². The average Bonchev–Trinajstić information content (AvgIpc) is 1.61. The summed E-state index contributed by atoms with van der Waals surface area (Å²) >= 11 is 0. The third-order valence-corrected chi connectivity index (χ3v) is 0.682. The first-order valence-corrected chi connectivity index (χ1v) is 2.66. The molecule has 0 saturated carbocycles. The maximum Gasteiger partial charge on any atom is 3.00 e. The zero-order chi connectivity index (χ0) is 5.70. The van der Waals surface area contributed by atoms with Gasteiger partial charge in [0.1, 0.15) is 0 Å². The maximum atomic E-state index is 10.2. The molecule has 61 valence electrons. The molecule has 0 spiro atoms. The first kappa shape index (κ1) is 22.6. The van der Waals surface area contributed by atoms with E-state index in [0.29, 0.717) is 0 Å². The number of rotatable bonds is 3. The minimum absolute atomic E-state index is 0. The van der Waals surface area contributed by atoms with Gasteiger partial charge in [-0.3, -0.25) is 0 Å². The second-order valence-electron chi connectivity index (χ2n) is 1.60. The minimum atomic E-state index is -0.597. The Hall–Kier alpha value is 1.76. The Labute approximate surface area is 103 Å². The molecule has 0 fully saturated rings.